The molecule has 12 heteroatoms. The van der Waals surface area contributed by atoms with Gasteiger partial charge in [0.25, 0.3) is 5.91 Å². The van der Waals surface area contributed by atoms with Crippen LogP contribution in [0, 0.1) is 0 Å². The second-order valence-corrected chi connectivity index (χ2v) is 5.53. The van der Waals surface area contributed by atoms with Gasteiger partial charge in [-0.2, -0.15) is 13.2 Å². The molecule has 0 bridgehead atoms. The van der Waals surface area contributed by atoms with E-state index in [1.165, 1.54) is 0 Å². The molecule has 0 atom stereocenters. The highest BCUT2D eigenvalue weighted by Crippen LogP contribution is 2.17. The number of benzene rings is 1. The van der Waals surface area contributed by atoms with Crippen molar-refractivity contribution >= 4 is 17.7 Å². The summed E-state index contributed by atoms with van der Waals surface area (Å²) >= 11 is 0. The first-order chi connectivity index (χ1) is 14.2. The number of hydrogen-bond acceptors (Lipinski definition) is 7. The fraction of sp³-hybridized carbons (Fsp3) is 0.167. The lowest BCUT2D eigenvalue weighted by Crippen LogP contribution is -2.23. The Morgan fingerprint density at radius 2 is 1.80 bits per heavy atom. The summed E-state index contributed by atoms with van der Waals surface area (Å²) in [5.41, 5.74) is 1.34. The van der Waals surface area contributed by atoms with Gasteiger partial charge in [0.05, 0.1) is 6.54 Å². The number of halogens is 3. The Bertz CT molecular complexity index is 993. The Hall–Kier alpha value is -3.96. The maximum atomic E-state index is 12.1. The molecule has 30 heavy (non-hydrogen) atoms. The first-order valence-corrected chi connectivity index (χ1v) is 8.30. The minimum Gasteiger partial charge on any atom is -0.475 e. The smallest absolute Gasteiger partial charge is 0.475 e. The predicted molar refractivity (Wildman–Crippen MR) is 98.4 cm³/mol. The van der Waals surface area contributed by atoms with Gasteiger partial charge in [0.15, 0.2) is 0 Å². The van der Waals surface area contributed by atoms with Gasteiger partial charge in [0, 0.05) is 24.4 Å². The Balaban J connectivity index is 0.000000396. The molecule has 9 nitrogen and oxygen atoms in total. The van der Waals surface area contributed by atoms with Crippen LogP contribution in [0.25, 0.3) is 11.5 Å². The van der Waals surface area contributed by atoms with Gasteiger partial charge in [0.2, 0.25) is 11.8 Å². The van der Waals surface area contributed by atoms with Crippen molar-refractivity contribution in [3.05, 3.63) is 60.1 Å². The standard InChI is InChI=1S/C16H15N5O2.C2HF3O2/c1-17-13-9-12(7-8-18-13)15(22)19-10-14-20-21-16(23-14)11-5-3-2-4-6-11;3-2(4,5)1(6)7/h2-9H,10H2,1H3,(H,17,18)(H,19,22);(H,6,7). The summed E-state index contributed by atoms with van der Waals surface area (Å²) in [6.45, 7) is 0.163. The maximum absolute atomic E-state index is 12.1. The van der Waals surface area contributed by atoms with Crippen LogP contribution in [-0.2, 0) is 11.3 Å². The summed E-state index contributed by atoms with van der Waals surface area (Å²) in [7, 11) is 1.74. The molecule has 3 N–H and O–H groups in total. The van der Waals surface area contributed by atoms with Crippen LogP contribution in [-0.4, -0.2) is 45.4 Å². The molecule has 0 fully saturated rings. The van der Waals surface area contributed by atoms with E-state index in [4.69, 9.17) is 14.3 Å². The number of carbonyl (C=O) groups excluding carboxylic acids is 1. The molecule has 0 aliphatic heterocycles. The summed E-state index contributed by atoms with van der Waals surface area (Å²) in [6, 6.07) is 12.8. The highest BCUT2D eigenvalue weighted by molar-refractivity contribution is 5.94. The largest absolute Gasteiger partial charge is 0.490 e. The number of rotatable bonds is 5. The fourth-order valence-electron chi connectivity index (χ4n) is 1.99. The lowest BCUT2D eigenvalue weighted by Gasteiger charge is -2.04. The third-order valence-corrected chi connectivity index (χ3v) is 3.41. The summed E-state index contributed by atoms with van der Waals surface area (Å²) in [5.74, 6) is -1.59. The molecule has 0 spiro atoms. The Labute approximate surface area is 168 Å². The van der Waals surface area contributed by atoms with Crippen molar-refractivity contribution in [3.63, 3.8) is 0 Å². The van der Waals surface area contributed by atoms with Crippen molar-refractivity contribution in [2.45, 2.75) is 12.7 Å². The van der Waals surface area contributed by atoms with E-state index in [1.54, 1.807) is 25.4 Å². The van der Waals surface area contributed by atoms with E-state index in [0.717, 1.165) is 5.56 Å². The van der Waals surface area contributed by atoms with E-state index >= 15 is 0 Å². The van der Waals surface area contributed by atoms with Crippen molar-refractivity contribution in [2.75, 3.05) is 12.4 Å². The summed E-state index contributed by atoms with van der Waals surface area (Å²) in [4.78, 5) is 25.1. The Kier molecular flexibility index (Phi) is 7.44. The number of anilines is 1. The van der Waals surface area contributed by atoms with E-state index in [1.807, 2.05) is 30.3 Å². The third-order valence-electron chi connectivity index (χ3n) is 3.41. The highest BCUT2D eigenvalue weighted by atomic mass is 19.4. The monoisotopic (exact) mass is 423 g/mol. The van der Waals surface area contributed by atoms with Crippen molar-refractivity contribution < 1.29 is 32.3 Å². The molecule has 0 saturated carbocycles. The number of hydrogen-bond donors (Lipinski definition) is 3. The first-order valence-electron chi connectivity index (χ1n) is 8.30. The van der Waals surface area contributed by atoms with Gasteiger partial charge in [-0.15, -0.1) is 10.2 Å². The number of nitrogens with one attached hydrogen (secondary N) is 2. The lowest BCUT2D eigenvalue weighted by atomic mass is 10.2. The van der Waals surface area contributed by atoms with E-state index < -0.39 is 12.1 Å². The lowest BCUT2D eigenvalue weighted by molar-refractivity contribution is -0.192. The van der Waals surface area contributed by atoms with Crippen LogP contribution in [0.1, 0.15) is 16.2 Å². The van der Waals surface area contributed by atoms with Crippen LogP contribution in [0.3, 0.4) is 0 Å². The van der Waals surface area contributed by atoms with E-state index in [-0.39, 0.29) is 12.5 Å². The maximum Gasteiger partial charge on any atom is 0.490 e. The first kappa shape index (κ1) is 22.3. The average molecular weight is 423 g/mol. The number of carboxylic acid groups (broad SMARTS) is 1. The van der Waals surface area contributed by atoms with Crippen LogP contribution < -0.4 is 10.6 Å². The van der Waals surface area contributed by atoms with Crippen molar-refractivity contribution in [3.8, 4) is 11.5 Å². The van der Waals surface area contributed by atoms with Crippen molar-refractivity contribution in [1.29, 1.82) is 0 Å². The molecule has 2 aromatic heterocycles. The van der Waals surface area contributed by atoms with Gasteiger partial charge < -0.3 is 20.2 Å². The van der Waals surface area contributed by atoms with Gasteiger partial charge in [-0.25, -0.2) is 9.78 Å². The number of aromatic nitrogens is 3. The van der Waals surface area contributed by atoms with Gasteiger partial charge >= 0.3 is 12.1 Å². The quantitative estimate of drug-likeness (QED) is 0.571. The molecule has 1 aromatic carbocycles. The second kappa shape index (κ2) is 10.0. The number of carboxylic acids is 1. The molecule has 0 aliphatic carbocycles. The number of aliphatic carboxylic acids is 1. The zero-order chi connectivity index (χ0) is 22.1. The SMILES string of the molecule is CNc1cc(C(=O)NCc2nnc(-c3ccccc3)o2)ccn1.O=C(O)C(F)(F)F. The summed E-state index contributed by atoms with van der Waals surface area (Å²) < 4.78 is 37.3. The summed E-state index contributed by atoms with van der Waals surface area (Å²) in [5, 5.41) is 20.7. The van der Waals surface area contributed by atoms with Crippen LogP contribution in [0.2, 0.25) is 0 Å². The van der Waals surface area contributed by atoms with Crippen molar-refractivity contribution in [1.82, 2.24) is 20.5 Å². The number of carbonyl (C=O) groups is 2. The minimum absolute atomic E-state index is 0.163. The minimum atomic E-state index is -5.08. The molecule has 158 valence electrons. The number of alkyl halides is 3. The molecule has 0 radical (unpaired) electrons. The zero-order valence-corrected chi connectivity index (χ0v) is 15.5. The Morgan fingerprint density at radius 3 is 2.40 bits per heavy atom. The topological polar surface area (TPSA) is 130 Å². The normalized spacial score (nSPS) is 10.5. The molecule has 3 aromatic rings. The van der Waals surface area contributed by atoms with Crippen LogP contribution in [0.5, 0.6) is 0 Å². The van der Waals surface area contributed by atoms with E-state index in [2.05, 4.69) is 25.8 Å². The molecule has 3 rings (SSSR count). The molecule has 2 heterocycles. The highest BCUT2D eigenvalue weighted by Gasteiger charge is 2.38. The van der Waals surface area contributed by atoms with Gasteiger partial charge in [0.1, 0.15) is 5.82 Å². The van der Waals surface area contributed by atoms with Gasteiger partial charge in [-0.05, 0) is 24.3 Å². The molecule has 0 saturated heterocycles. The van der Waals surface area contributed by atoms with Crippen LogP contribution >= 0.6 is 0 Å². The molecular formula is C18H16F3N5O4. The van der Waals surface area contributed by atoms with Crippen molar-refractivity contribution in [2.24, 2.45) is 0 Å². The molecule has 0 unspecified atom stereocenters. The molecule has 1 amide bonds. The zero-order valence-electron chi connectivity index (χ0n) is 15.5. The fourth-order valence-corrected chi connectivity index (χ4v) is 1.99. The third kappa shape index (κ3) is 6.58. The number of nitrogens with zero attached hydrogens (tertiary/aromatic N) is 3. The second-order valence-electron chi connectivity index (χ2n) is 5.53. The molecule has 0 aliphatic rings. The van der Waals surface area contributed by atoms with Crippen LogP contribution in [0.4, 0.5) is 19.0 Å². The van der Waals surface area contributed by atoms with E-state index in [0.29, 0.717) is 23.2 Å². The number of pyridine rings is 1. The van der Waals surface area contributed by atoms with Crippen LogP contribution in [0.15, 0.2) is 53.1 Å². The van der Waals surface area contributed by atoms with Gasteiger partial charge in [-0.3, -0.25) is 4.79 Å². The predicted octanol–water partition coefficient (Wildman–Crippen LogP) is 2.74. The Morgan fingerprint density at radius 1 is 1.13 bits per heavy atom. The number of amides is 1. The van der Waals surface area contributed by atoms with E-state index in [9.17, 15) is 18.0 Å². The average Bonchev–Trinajstić information content (AvgIpc) is 3.21. The van der Waals surface area contributed by atoms with Gasteiger partial charge in [-0.1, -0.05) is 18.2 Å². The molecular weight excluding hydrogens is 407 g/mol. The summed E-state index contributed by atoms with van der Waals surface area (Å²) in [6.07, 6.45) is -3.51.